The van der Waals surface area contributed by atoms with Gasteiger partial charge < -0.3 is 5.32 Å². The molecule has 0 radical (unpaired) electrons. The van der Waals surface area contributed by atoms with Crippen molar-refractivity contribution in [1.82, 2.24) is 4.98 Å². The summed E-state index contributed by atoms with van der Waals surface area (Å²) in [6.45, 7) is 1.86. The lowest BCUT2D eigenvalue weighted by atomic mass is 10.2. The van der Waals surface area contributed by atoms with Crippen molar-refractivity contribution in [2.24, 2.45) is 0 Å². The van der Waals surface area contributed by atoms with Crippen molar-refractivity contribution in [3.05, 3.63) is 62.2 Å². The van der Waals surface area contributed by atoms with E-state index in [4.69, 9.17) is 11.6 Å². The van der Waals surface area contributed by atoms with E-state index in [1.165, 1.54) is 34.4 Å². The number of carbonyl (C=O) groups is 2. The number of amides is 1. The van der Waals surface area contributed by atoms with Gasteiger partial charge in [-0.05, 0) is 36.1 Å². The van der Waals surface area contributed by atoms with E-state index in [1.54, 1.807) is 12.1 Å². The van der Waals surface area contributed by atoms with Crippen LogP contribution in [0.2, 0.25) is 5.02 Å². The molecule has 0 unspecified atom stereocenters. The number of carbonyl (C=O) groups excluding carboxylic acids is 2. The zero-order chi connectivity index (χ0) is 18.5. The Kier molecular flexibility index (Phi) is 6.48. The van der Waals surface area contributed by atoms with Crippen LogP contribution in [0, 0.1) is 6.92 Å². The van der Waals surface area contributed by atoms with E-state index in [2.05, 4.69) is 10.3 Å². The molecule has 2 heterocycles. The number of hydrogen-bond acceptors (Lipinski definition) is 6. The number of ketones is 1. The van der Waals surface area contributed by atoms with Crippen molar-refractivity contribution in [3.63, 3.8) is 0 Å². The molecule has 0 saturated carbocycles. The molecule has 3 aromatic rings. The number of thioether (sulfide) groups is 1. The molecule has 26 heavy (non-hydrogen) atoms. The van der Waals surface area contributed by atoms with Gasteiger partial charge in [0.2, 0.25) is 5.91 Å². The van der Waals surface area contributed by atoms with Crippen molar-refractivity contribution in [2.45, 2.75) is 17.7 Å². The number of Topliss-reactive ketones (excluding diaryl/α,β-unsaturated/α-hetero) is 1. The quantitative estimate of drug-likeness (QED) is 0.413. The molecule has 1 N–H and O–H groups in total. The van der Waals surface area contributed by atoms with Crippen LogP contribution in [-0.2, 0) is 11.2 Å². The summed E-state index contributed by atoms with van der Waals surface area (Å²) in [4.78, 5) is 29.4. The van der Waals surface area contributed by atoms with Gasteiger partial charge in [-0.3, -0.25) is 9.59 Å². The molecule has 0 aliphatic rings. The highest BCUT2D eigenvalue weighted by Crippen LogP contribution is 2.26. The summed E-state index contributed by atoms with van der Waals surface area (Å²) in [5, 5.41) is 7.21. The highest BCUT2D eigenvalue weighted by molar-refractivity contribution is 8.01. The fraction of sp³-hybridized carbons (Fsp3) is 0.167. The zero-order valence-corrected chi connectivity index (χ0v) is 17.0. The van der Waals surface area contributed by atoms with Crippen LogP contribution in [0.15, 0.2) is 45.4 Å². The number of aromatic nitrogens is 1. The van der Waals surface area contributed by atoms with Crippen LogP contribution in [0.5, 0.6) is 0 Å². The first-order valence-electron chi connectivity index (χ1n) is 7.72. The lowest BCUT2D eigenvalue weighted by molar-refractivity contribution is -0.115. The molecule has 134 valence electrons. The molecule has 0 aliphatic heterocycles. The smallest absolute Gasteiger partial charge is 0.230 e. The van der Waals surface area contributed by atoms with Crippen molar-refractivity contribution in [1.29, 1.82) is 0 Å². The Morgan fingerprint density at radius 1 is 1.23 bits per heavy atom. The molecule has 2 aromatic heterocycles. The lowest BCUT2D eigenvalue weighted by Gasteiger charge is -2.08. The third-order valence-electron chi connectivity index (χ3n) is 3.54. The molecular weight excluding hydrogens is 408 g/mol. The topological polar surface area (TPSA) is 59.1 Å². The van der Waals surface area contributed by atoms with Gasteiger partial charge in [-0.25, -0.2) is 4.98 Å². The van der Waals surface area contributed by atoms with Crippen molar-refractivity contribution >= 4 is 63.4 Å². The summed E-state index contributed by atoms with van der Waals surface area (Å²) >= 11 is 10.4. The molecule has 0 atom stereocenters. The molecule has 0 fully saturated rings. The van der Waals surface area contributed by atoms with Crippen molar-refractivity contribution < 1.29 is 9.59 Å². The molecule has 1 amide bonds. The lowest BCUT2D eigenvalue weighted by Crippen LogP contribution is -2.15. The van der Waals surface area contributed by atoms with E-state index >= 15 is 0 Å². The van der Waals surface area contributed by atoms with Crippen molar-refractivity contribution in [3.8, 4) is 0 Å². The van der Waals surface area contributed by atoms with Gasteiger partial charge in [0.05, 0.1) is 22.7 Å². The second kappa shape index (κ2) is 8.81. The molecule has 3 rings (SSSR count). The largest absolute Gasteiger partial charge is 0.325 e. The Bertz CT molecular complexity index is 922. The zero-order valence-electron chi connectivity index (χ0n) is 13.8. The maximum absolute atomic E-state index is 12.2. The van der Waals surface area contributed by atoms with Gasteiger partial charge in [-0.15, -0.1) is 22.7 Å². The Morgan fingerprint density at radius 2 is 2.08 bits per heavy atom. The molecule has 0 saturated heterocycles. The monoisotopic (exact) mass is 422 g/mol. The Labute approximate surface area is 168 Å². The maximum Gasteiger partial charge on any atom is 0.230 e. The number of benzene rings is 1. The fourth-order valence-electron chi connectivity index (χ4n) is 2.17. The second-order valence-electron chi connectivity index (χ2n) is 5.43. The molecule has 1 aromatic carbocycles. The third kappa shape index (κ3) is 4.94. The SMILES string of the molecule is Cc1c(Cl)cccc1NC(=O)Cc1csc(SCC(=O)c2cccs2)n1. The average molecular weight is 423 g/mol. The maximum atomic E-state index is 12.2. The van der Waals surface area contributed by atoms with E-state index in [9.17, 15) is 9.59 Å². The van der Waals surface area contributed by atoms with Gasteiger partial charge in [-0.2, -0.15) is 0 Å². The fourth-order valence-corrected chi connectivity index (χ4v) is 4.83. The van der Waals surface area contributed by atoms with Crippen LogP contribution in [-0.4, -0.2) is 22.4 Å². The molecule has 0 bridgehead atoms. The minimum Gasteiger partial charge on any atom is -0.325 e. The first-order valence-corrected chi connectivity index (χ1v) is 10.8. The van der Waals surface area contributed by atoms with Gasteiger partial charge in [0.25, 0.3) is 0 Å². The number of hydrogen-bond donors (Lipinski definition) is 1. The van der Waals surface area contributed by atoms with E-state index in [0.717, 1.165) is 14.8 Å². The van der Waals surface area contributed by atoms with Crippen LogP contribution in [0.3, 0.4) is 0 Å². The van der Waals surface area contributed by atoms with Crippen LogP contribution in [0.25, 0.3) is 0 Å². The van der Waals surface area contributed by atoms with Gasteiger partial charge in [0, 0.05) is 16.1 Å². The van der Waals surface area contributed by atoms with E-state index in [0.29, 0.717) is 22.2 Å². The summed E-state index contributed by atoms with van der Waals surface area (Å²) in [5.41, 5.74) is 2.23. The number of nitrogens with one attached hydrogen (secondary N) is 1. The van der Waals surface area contributed by atoms with Crippen LogP contribution >= 0.6 is 46.0 Å². The second-order valence-corrected chi connectivity index (χ2v) is 8.87. The predicted molar refractivity (Wildman–Crippen MR) is 110 cm³/mol. The predicted octanol–water partition coefficient (Wildman–Crippen LogP) is 5.32. The highest BCUT2D eigenvalue weighted by Gasteiger charge is 2.12. The minimum atomic E-state index is -0.146. The summed E-state index contributed by atoms with van der Waals surface area (Å²) < 4.78 is 0.789. The Morgan fingerprint density at radius 3 is 2.85 bits per heavy atom. The number of thiophene rings is 1. The normalized spacial score (nSPS) is 10.7. The molecule has 8 heteroatoms. The number of halogens is 1. The van der Waals surface area contributed by atoms with E-state index in [1.807, 2.05) is 35.9 Å². The third-order valence-corrected chi connectivity index (χ3v) is 6.93. The van der Waals surface area contributed by atoms with Gasteiger partial charge in [0.1, 0.15) is 0 Å². The van der Waals surface area contributed by atoms with E-state index < -0.39 is 0 Å². The molecular formula is C18H15ClN2O2S3. The van der Waals surface area contributed by atoms with Gasteiger partial charge in [0.15, 0.2) is 10.1 Å². The molecule has 4 nitrogen and oxygen atoms in total. The van der Waals surface area contributed by atoms with Gasteiger partial charge >= 0.3 is 0 Å². The highest BCUT2D eigenvalue weighted by atomic mass is 35.5. The Hall–Kier alpha value is -1.67. The molecule has 0 spiro atoms. The number of rotatable bonds is 7. The van der Waals surface area contributed by atoms with Crippen LogP contribution < -0.4 is 5.32 Å². The summed E-state index contributed by atoms with van der Waals surface area (Å²) in [5.74, 6) is 0.296. The minimum absolute atomic E-state index is 0.0934. The summed E-state index contributed by atoms with van der Waals surface area (Å²) in [6.07, 6.45) is 0.182. The average Bonchev–Trinajstić information content (AvgIpc) is 3.29. The standard InChI is InChI=1S/C18H15ClN2O2S3/c1-11-13(19)4-2-5-14(11)21-17(23)8-12-9-25-18(20-12)26-10-15(22)16-6-3-7-24-16/h2-7,9H,8,10H2,1H3,(H,21,23). The van der Waals surface area contributed by atoms with Crippen LogP contribution in [0.1, 0.15) is 20.9 Å². The van der Waals surface area contributed by atoms with E-state index in [-0.39, 0.29) is 18.1 Å². The first-order chi connectivity index (χ1) is 12.5. The number of nitrogens with zero attached hydrogens (tertiary/aromatic N) is 1. The first kappa shape index (κ1) is 19.1. The number of anilines is 1. The number of thiazole rings is 1. The Balaban J connectivity index is 1.54. The molecule has 0 aliphatic carbocycles. The summed E-state index contributed by atoms with van der Waals surface area (Å²) in [7, 11) is 0. The summed E-state index contributed by atoms with van der Waals surface area (Å²) in [6, 6.07) is 9.09. The van der Waals surface area contributed by atoms with Gasteiger partial charge in [-0.1, -0.05) is 35.5 Å². The van der Waals surface area contributed by atoms with Crippen LogP contribution in [0.4, 0.5) is 5.69 Å². The van der Waals surface area contributed by atoms with Crippen molar-refractivity contribution in [2.75, 3.05) is 11.1 Å².